The molecule has 0 fully saturated rings. The highest BCUT2D eigenvalue weighted by Gasteiger charge is 2.08. The molecule has 1 aromatic heterocycles. The number of carbonyl (C=O) groups excluding carboxylic acids is 1. The highest BCUT2D eigenvalue weighted by molar-refractivity contribution is 5.92. The minimum absolute atomic E-state index is 0.00398. The van der Waals surface area contributed by atoms with Gasteiger partial charge in [-0.3, -0.25) is 9.78 Å². The van der Waals surface area contributed by atoms with E-state index in [0.717, 1.165) is 17.1 Å². The second-order valence-electron chi connectivity index (χ2n) is 3.73. The fraction of sp³-hybridized carbons (Fsp3) is 0.455. The molecule has 0 saturated heterocycles. The number of aryl methyl sites for hydroxylation is 2. The van der Waals surface area contributed by atoms with Gasteiger partial charge in [0.15, 0.2) is 0 Å². The number of amides is 1. The average molecular weight is 192 g/mol. The smallest absolute Gasteiger partial charge is 0.226 e. The molecule has 3 heteroatoms. The third-order valence-electron chi connectivity index (χ3n) is 2.01. The van der Waals surface area contributed by atoms with Gasteiger partial charge in [-0.05, 0) is 26.0 Å². The highest BCUT2D eigenvalue weighted by Crippen LogP contribution is 2.13. The third kappa shape index (κ3) is 2.55. The number of anilines is 1. The largest absolute Gasteiger partial charge is 0.324 e. The maximum absolute atomic E-state index is 11.4. The molecule has 14 heavy (non-hydrogen) atoms. The molecule has 76 valence electrons. The Hall–Kier alpha value is -1.38. The number of nitrogens with zero attached hydrogens (tertiary/aromatic N) is 1. The molecule has 0 aromatic carbocycles. The number of pyridine rings is 1. The van der Waals surface area contributed by atoms with Gasteiger partial charge in [-0.2, -0.15) is 0 Å². The molecule has 3 nitrogen and oxygen atoms in total. The van der Waals surface area contributed by atoms with Crippen LogP contribution in [0.5, 0.6) is 0 Å². The van der Waals surface area contributed by atoms with Crippen LogP contribution in [0.2, 0.25) is 0 Å². The molecule has 1 rings (SSSR count). The first-order chi connectivity index (χ1) is 6.50. The Morgan fingerprint density at radius 1 is 1.36 bits per heavy atom. The number of hydrogen-bond acceptors (Lipinski definition) is 2. The van der Waals surface area contributed by atoms with E-state index in [2.05, 4.69) is 10.3 Å². The van der Waals surface area contributed by atoms with Crippen molar-refractivity contribution in [2.75, 3.05) is 5.32 Å². The molecule has 1 N–H and O–H groups in total. The van der Waals surface area contributed by atoms with Gasteiger partial charge in [0, 0.05) is 11.6 Å². The first kappa shape index (κ1) is 10.7. The Labute approximate surface area is 84.6 Å². The lowest BCUT2D eigenvalue weighted by Crippen LogP contribution is -2.18. The van der Waals surface area contributed by atoms with Gasteiger partial charge < -0.3 is 5.32 Å². The molecule has 0 aliphatic carbocycles. The predicted octanol–water partition coefficient (Wildman–Crippen LogP) is 2.29. The average Bonchev–Trinajstić information content (AvgIpc) is 2.09. The summed E-state index contributed by atoms with van der Waals surface area (Å²) in [6, 6.07) is 3.78. The first-order valence-corrected chi connectivity index (χ1v) is 4.76. The monoisotopic (exact) mass is 192 g/mol. The van der Waals surface area contributed by atoms with Crippen molar-refractivity contribution in [1.82, 2.24) is 4.98 Å². The van der Waals surface area contributed by atoms with Gasteiger partial charge in [-0.15, -0.1) is 0 Å². The van der Waals surface area contributed by atoms with Crippen LogP contribution in [0, 0.1) is 19.8 Å². The van der Waals surface area contributed by atoms with Crippen molar-refractivity contribution >= 4 is 11.6 Å². The van der Waals surface area contributed by atoms with Gasteiger partial charge in [0.05, 0.1) is 11.4 Å². The van der Waals surface area contributed by atoms with Crippen LogP contribution in [0.3, 0.4) is 0 Å². The second kappa shape index (κ2) is 4.22. The molecule has 0 aliphatic heterocycles. The van der Waals surface area contributed by atoms with Crippen LogP contribution in [0.1, 0.15) is 25.2 Å². The zero-order chi connectivity index (χ0) is 10.7. The summed E-state index contributed by atoms with van der Waals surface area (Å²) in [5, 5.41) is 2.84. The minimum atomic E-state index is -0.00398. The summed E-state index contributed by atoms with van der Waals surface area (Å²) < 4.78 is 0. The molecule has 0 saturated carbocycles. The molecule has 0 atom stereocenters. The van der Waals surface area contributed by atoms with Crippen molar-refractivity contribution in [1.29, 1.82) is 0 Å². The number of hydrogen-bond donors (Lipinski definition) is 1. The van der Waals surface area contributed by atoms with Crippen LogP contribution < -0.4 is 5.32 Å². The summed E-state index contributed by atoms with van der Waals surface area (Å²) in [7, 11) is 0. The van der Waals surface area contributed by atoms with Gasteiger partial charge in [-0.1, -0.05) is 13.8 Å². The Bertz CT molecular complexity index is 345. The van der Waals surface area contributed by atoms with Gasteiger partial charge in [-0.25, -0.2) is 0 Å². The van der Waals surface area contributed by atoms with E-state index in [4.69, 9.17) is 0 Å². The van der Waals surface area contributed by atoms with Crippen LogP contribution in [0.4, 0.5) is 5.69 Å². The van der Waals surface area contributed by atoms with Gasteiger partial charge in [0.25, 0.3) is 0 Å². The SMILES string of the molecule is Cc1ccc(NC(=O)C(C)C)c(C)n1. The van der Waals surface area contributed by atoms with Crippen LogP contribution in [-0.2, 0) is 4.79 Å². The molecule has 1 amide bonds. The van der Waals surface area contributed by atoms with Crippen molar-refractivity contribution in [3.8, 4) is 0 Å². The van der Waals surface area contributed by atoms with Crippen molar-refractivity contribution in [2.45, 2.75) is 27.7 Å². The van der Waals surface area contributed by atoms with Gasteiger partial charge in [0.1, 0.15) is 0 Å². The van der Waals surface area contributed by atoms with E-state index in [1.165, 1.54) is 0 Å². The summed E-state index contributed by atoms with van der Waals surface area (Å²) in [4.78, 5) is 15.7. The normalized spacial score (nSPS) is 10.4. The Morgan fingerprint density at radius 2 is 2.00 bits per heavy atom. The molecule has 0 aliphatic rings. The quantitative estimate of drug-likeness (QED) is 0.781. The predicted molar refractivity (Wildman–Crippen MR) is 57.2 cm³/mol. The summed E-state index contributed by atoms with van der Waals surface area (Å²) in [6.07, 6.45) is 0. The molecule has 0 bridgehead atoms. The van der Waals surface area contributed by atoms with E-state index in [-0.39, 0.29) is 11.8 Å². The molecule has 0 radical (unpaired) electrons. The maximum Gasteiger partial charge on any atom is 0.226 e. The zero-order valence-electron chi connectivity index (χ0n) is 9.09. The summed E-state index contributed by atoms with van der Waals surface area (Å²) >= 11 is 0. The zero-order valence-corrected chi connectivity index (χ0v) is 9.09. The van der Waals surface area contributed by atoms with E-state index in [1.54, 1.807) is 0 Å². The van der Waals surface area contributed by atoms with Crippen molar-refractivity contribution in [2.24, 2.45) is 5.92 Å². The lowest BCUT2D eigenvalue weighted by Gasteiger charge is -2.09. The number of carbonyl (C=O) groups is 1. The molecule has 1 heterocycles. The van der Waals surface area contributed by atoms with Gasteiger partial charge >= 0.3 is 0 Å². The van der Waals surface area contributed by atoms with E-state index >= 15 is 0 Å². The van der Waals surface area contributed by atoms with E-state index in [0.29, 0.717) is 0 Å². The Morgan fingerprint density at radius 3 is 2.50 bits per heavy atom. The maximum atomic E-state index is 11.4. The van der Waals surface area contributed by atoms with Crippen LogP contribution in [-0.4, -0.2) is 10.9 Å². The highest BCUT2D eigenvalue weighted by atomic mass is 16.1. The number of nitrogens with one attached hydrogen (secondary N) is 1. The lowest BCUT2D eigenvalue weighted by atomic mass is 10.2. The van der Waals surface area contributed by atoms with E-state index < -0.39 is 0 Å². The van der Waals surface area contributed by atoms with Crippen molar-refractivity contribution < 1.29 is 4.79 Å². The second-order valence-corrected chi connectivity index (χ2v) is 3.73. The summed E-state index contributed by atoms with van der Waals surface area (Å²) in [5.41, 5.74) is 2.62. The number of aromatic nitrogens is 1. The fourth-order valence-corrected chi connectivity index (χ4v) is 1.10. The lowest BCUT2D eigenvalue weighted by molar-refractivity contribution is -0.118. The van der Waals surface area contributed by atoms with Crippen molar-refractivity contribution in [3.63, 3.8) is 0 Å². The molecule has 0 unspecified atom stereocenters. The van der Waals surface area contributed by atoms with E-state index in [9.17, 15) is 4.79 Å². The van der Waals surface area contributed by atoms with Crippen LogP contribution in [0.15, 0.2) is 12.1 Å². The van der Waals surface area contributed by atoms with Crippen molar-refractivity contribution in [3.05, 3.63) is 23.5 Å². The first-order valence-electron chi connectivity index (χ1n) is 4.76. The molecular formula is C11H16N2O. The molecular weight excluding hydrogens is 176 g/mol. The van der Waals surface area contributed by atoms with Gasteiger partial charge in [0.2, 0.25) is 5.91 Å². The standard InChI is InChI=1S/C11H16N2O/c1-7(2)11(14)13-10-6-5-8(3)12-9(10)4/h5-7H,1-4H3,(H,13,14). The molecule has 1 aromatic rings. The third-order valence-corrected chi connectivity index (χ3v) is 2.01. The minimum Gasteiger partial charge on any atom is -0.324 e. The summed E-state index contributed by atoms with van der Waals surface area (Å²) in [5.74, 6) is 0.0226. The fourth-order valence-electron chi connectivity index (χ4n) is 1.10. The Kier molecular flexibility index (Phi) is 3.23. The van der Waals surface area contributed by atoms with Crippen LogP contribution >= 0.6 is 0 Å². The summed E-state index contributed by atoms with van der Waals surface area (Å²) in [6.45, 7) is 7.56. The number of rotatable bonds is 2. The topological polar surface area (TPSA) is 42.0 Å². The molecule has 0 spiro atoms. The van der Waals surface area contributed by atoms with Crippen LogP contribution in [0.25, 0.3) is 0 Å². The van der Waals surface area contributed by atoms with E-state index in [1.807, 2.05) is 39.8 Å². The Balaban J connectivity index is 2.82.